The molecule has 0 aliphatic rings. The number of sulfonamides is 1. The van der Waals surface area contributed by atoms with Gasteiger partial charge in [-0.25, -0.2) is 13.1 Å². The molecular weight excluding hydrogens is 300 g/mol. The topological polar surface area (TPSA) is 76.1 Å². The zero-order chi connectivity index (χ0) is 15.6. The highest BCUT2D eigenvalue weighted by Crippen LogP contribution is 2.22. The maximum atomic E-state index is 12.5. The Labute approximate surface area is 127 Å². The van der Waals surface area contributed by atoms with Gasteiger partial charge in [-0.1, -0.05) is 36.4 Å². The van der Waals surface area contributed by atoms with Crippen LogP contribution >= 0.6 is 0 Å². The molecule has 0 aliphatic heterocycles. The van der Waals surface area contributed by atoms with Gasteiger partial charge in [-0.2, -0.15) is 0 Å². The van der Waals surface area contributed by atoms with E-state index < -0.39 is 15.9 Å². The standard InChI is InChI=1S/C16H12N2O3S/c19-16(13-7-4-10-17-11-13)18-22(20,21)15-9-3-6-12-5-1-2-8-14(12)15/h1-11H,(H,18,19). The summed E-state index contributed by atoms with van der Waals surface area (Å²) in [4.78, 5) is 15.9. The molecule has 3 rings (SSSR count). The summed E-state index contributed by atoms with van der Waals surface area (Å²) in [5, 5.41) is 1.36. The Morgan fingerprint density at radius 3 is 2.50 bits per heavy atom. The Morgan fingerprint density at radius 2 is 1.73 bits per heavy atom. The minimum Gasteiger partial charge on any atom is -0.268 e. The van der Waals surface area contributed by atoms with Crippen LogP contribution in [0.3, 0.4) is 0 Å². The number of carbonyl (C=O) groups excluding carboxylic acids is 1. The highest BCUT2D eigenvalue weighted by Gasteiger charge is 2.20. The van der Waals surface area contributed by atoms with E-state index in [1.807, 2.05) is 18.2 Å². The van der Waals surface area contributed by atoms with Crippen LogP contribution in [0.25, 0.3) is 10.8 Å². The summed E-state index contributed by atoms with van der Waals surface area (Å²) in [6.45, 7) is 0. The summed E-state index contributed by atoms with van der Waals surface area (Å²) in [6.07, 6.45) is 2.82. The van der Waals surface area contributed by atoms with E-state index in [1.165, 1.54) is 24.5 Å². The molecular formula is C16H12N2O3S. The fraction of sp³-hybridized carbons (Fsp3) is 0. The second-order valence-electron chi connectivity index (χ2n) is 4.65. The van der Waals surface area contributed by atoms with Gasteiger partial charge in [0.25, 0.3) is 15.9 Å². The number of benzene rings is 2. The van der Waals surface area contributed by atoms with E-state index in [-0.39, 0.29) is 10.5 Å². The maximum Gasteiger partial charge on any atom is 0.266 e. The quantitative estimate of drug-likeness (QED) is 0.805. The zero-order valence-electron chi connectivity index (χ0n) is 11.4. The van der Waals surface area contributed by atoms with Crippen LogP contribution in [0.4, 0.5) is 0 Å². The predicted octanol–water partition coefficient (Wildman–Crippen LogP) is 2.35. The summed E-state index contributed by atoms with van der Waals surface area (Å²) < 4.78 is 27.0. The Bertz CT molecular complexity index is 933. The number of amides is 1. The largest absolute Gasteiger partial charge is 0.268 e. The van der Waals surface area contributed by atoms with Crippen molar-refractivity contribution >= 4 is 26.7 Å². The van der Waals surface area contributed by atoms with E-state index in [2.05, 4.69) is 9.71 Å². The van der Waals surface area contributed by atoms with Crippen molar-refractivity contribution < 1.29 is 13.2 Å². The average Bonchev–Trinajstić information content (AvgIpc) is 2.54. The van der Waals surface area contributed by atoms with Gasteiger partial charge >= 0.3 is 0 Å². The van der Waals surface area contributed by atoms with E-state index in [1.54, 1.807) is 24.3 Å². The first kappa shape index (κ1) is 14.2. The Hall–Kier alpha value is -2.73. The maximum absolute atomic E-state index is 12.5. The molecule has 0 saturated carbocycles. The third-order valence-electron chi connectivity index (χ3n) is 3.19. The molecule has 0 bridgehead atoms. The molecule has 6 heteroatoms. The first-order chi connectivity index (χ1) is 10.6. The van der Waals surface area contributed by atoms with Gasteiger partial charge in [0.05, 0.1) is 10.5 Å². The van der Waals surface area contributed by atoms with Crippen molar-refractivity contribution in [1.29, 1.82) is 0 Å². The molecule has 5 nitrogen and oxygen atoms in total. The smallest absolute Gasteiger partial charge is 0.266 e. The second-order valence-corrected chi connectivity index (χ2v) is 6.30. The summed E-state index contributed by atoms with van der Waals surface area (Å²) >= 11 is 0. The molecule has 0 radical (unpaired) electrons. The number of hydrogen-bond acceptors (Lipinski definition) is 4. The van der Waals surface area contributed by atoms with Gasteiger partial charge in [0.1, 0.15) is 0 Å². The van der Waals surface area contributed by atoms with Crippen LogP contribution in [0.2, 0.25) is 0 Å². The van der Waals surface area contributed by atoms with Gasteiger partial charge in [0.15, 0.2) is 0 Å². The molecule has 1 aromatic heterocycles. The van der Waals surface area contributed by atoms with Crippen LogP contribution in [0.5, 0.6) is 0 Å². The van der Waals surface area contributed by atoms with Gasteiger partial charge in [0.2, 0.25) is 0 Å². The first-order valence-corrected chi connectivity index (χ1v) is 8.01. The zero-order valence-corrected chi connectivity index (χ0v) is 12.2. The first-order valence-electron chi connectivity index (χ1n) is 6.53. The summed E-state index contributed by atoms with van der Waals surface area (Å²) in [5.74, 6) is -0.707. The van der Waals surface area contributed by atoms with Crippen LogP contribution in [0.1, 0.15) is 10.4 Å². The molecule has 1 N–H and O–H groups in total. The van der Waals surface area contributed by atoms with Gasteiger partial charge in [-0.15, -0.1) is 0 Å². The number of nitrogens with one attached hydrogen (secondary N) is 1. The lowest BCUT2D eigenvalue weighted by molar-refractivity contribution is 0.0981. The number of pyridine rings is 1. The van der Waals surface area contributed by atoms with Crippen molar-refractivity contribution in [3.8, 4) is 0 Å². The monoisotopic (exact) mass is 312 g/mol. The van der Waals surface area contributed by atoms with Gasteiger partial charge in [-0.3, -0.25) is 9.78 Å². The lowest BCUT2D eigenvalue weighted by Crippen LogP contribution is -2.30. The fourth-order valence-electron chi connectivity index (χ4n) is 2.16. The molecule has 0 unspecified atom stereocenters. The van der Waals surface area contributed by atoms with E-state index in [0.717, 1.165) is 5.39 Å². The highest BCUT2D eigenvalue weighted by atomic mass is 32.2. The SMILES string of the molecule is O=C(NS(=O)(=O)c1cccc2ccccc12)c1cccnc1. The summed E-state index contributed by atoms with van der Waals surface area (Å²) in [5.41, 5.74) is 0.186. The molecule has 0 atom stereocenters. The number of carbonyl (C=O) groups is 1. The molecule has 1 heterocycles. The van der Waals surface area contributed by atoms with Gasteiger partial charge in [0, 0.05) is 17.8 Å². The minimum atomic E-state index is -3.96. The van der Waals surface area contributed by atoms with Crippen LogP contribution in [-0.2, 0) is 10.0 Å². The highest BCUT2D eigenvalue weighted by molar-refractivity contribution is 7.90. The summed E-state index contributed by atoms with van der Waals surface area (Å²) in [6, 6.07) is 15.1. The fourth-order valence-corrected chi connectivity index (χ4v) is 3.37. The molecule has 0 fully saturated rings. The number of fused-ring (bicyclic) bond motifs is 1. The molecule has 110 valence electrons. The molecule has 0 spiro atoms. The third-order valence-corrected chi connectivity index (χ3v) is 4.58. The number of hydrogen-bond donors (Lipinski definition) is 1. The van der Waals surface area contributed by atoms with Crippen molar-refractivity contribution in [3.63, 3.8) is 0 Å². The van der Waals surface area contributed by atoms with Crippen molar-refractivity contribution in [2.24, 2.45) is 0 Å². The summed E-state index contributed by atoms with van der Waals surface area (Å²) in [7, 11) is -3.96. The Balaban J connectivity index is 2.01. The van der Waals surface area contributed by atoms with Crippen molar-refractivity contribution in [2.45, 2.75) is 4.90 Å². The van der Waals surface area contributed by atoms with Crippen molar-refractivity contribution in [2.75, 3.05) is 0 Å². The van der Waals surface area contributed by atoms with Crippen molar-refractivity contribution in [3.05, 3.63) is 72.6 Å². The predicted molar refractivity (Wildman–Crippen MR) is 82.8 cm³/mol. The second kappa shape index (κ2) is 5.57. The number of aromatic nitrogens is 1. The van der Waals surface area contributed by atoms with Crippen LogP contribution < -0.4 is 4.72 Å². The Kier molecular flexibility index (Phi) is 3.60. The normalized spacial score (nSPS) is 11.3. The third kappa shape index (κ3) is 2.68. The van der Waals surface area contributed by atoms with Crippen molar-refractivity contribution in [1.82, 2.24) is 9.71 Å². The molecule has 3 aromatic rings. The lowest BCUT2D eigenvalue weighted by Gasteiger charge is -2.09. The average molecular weight is 312 g/mol. The van der Waals surface area contributed by atoms with Gasteiger partial charge < -0.3 is 0 Å². The van der Waals surface area contributed by atoms with E-state index in [9.17, 15) is 13.2 Å². The Morgan fingerprint density at radius 1 is 0.955 bits per heavy atom. The molecule has 2 aromatic carbocycles. The minimum absolute atomic E-state index is 0.0721. The van der Waals surface area contributed by atoms with Crippen LogP contribution in [0, 0.1) is 0 Å². The van der Waals surface area contributed by atoms with E-state index >= 15 is 0 Å². The number of rotatable bonds is 3. The number of nitrogens with zero attached hydrogens (tertiary/aromatic N) is 1. The van der Waals surface area contributed by atoms with E-state index in [4.69, 9.17) is 0 Å². The molecule has 22 heavy (non-hydrogen) atoms. The molecule has 1 amide bonds. The van der Waals surface area contributed by atoms with Gasteiger partial charge in [-0.05, 0) is 23.6 Å². The lowest BCUT2D eigenvalue weighted by atomic mass is 10.1. The van der Waals surface area contributed by atoms with E-state index in [0.29, 0.717) is 5.39 Å². The van der Waals surface area contributed by atoms with Crippen LogP contribution in [0.15, 0.2) is 71.9 Å². The molecule has 0 aliphatic carbocycles. The van der Waals surface area contributed by atoms with Crippen LogP contribution in [-0.4, -0.2) is 19.3 Å². The molecule has 0 saturated heterocycles.